The molecule has 0 amide bonds. The molecule has 22 heavy (non-hydrogen) atoms. The lowest BCUT2D eigenvalue weighted by Crippen LogP contribution is -2.46. The molecule has 1 fully saturated rings. The summed E-state index contributed by atoms with van der Waals surface area (Å²) < 4.78 is 42.3. The first-order chi connectivity index (χ1) is 9.90. The molecule has 0 aliphatic carbocycles. The molecule has 0 radical (unpaired) electrons. The van der Waals surface area contributed by atoms with Gasteiger partial charge in [-0.3, -0.25) is 4.90 Å². The first-order valence-corrected chi connectivity index (χ1v) is 7.31. The van der Waals surface area contributed by atoms with Crippen molar-refractivity contribution in [2.75, 3.05) is 32.8 Å². The Labute approximate surface area is 141 Å². The lowest BCUT2D eigenvalue weighted by molar-refractivity contribution is -0.275. The van der Waals surface area contributed by atoms with Crippen molar-refractivity contribution in [2.24, 2.45) is 0 Å². The third-order valence-corrected chi connectivity index (χ3v) is 3.82. The molecule has 1 saturated heterocycles. The van der Waals surface area contributed by atoms with E-state index in [2.05, 4.69) is 26.0 Å². The number of hydrogen-bond acceptors (Lipinski definition) is 4. The van der Waals surface area contributed by atoms with Crippen LogP contribution in [0, 0.1) is 0 Å². The van der Waals surface area contributed by atoms with E-state index in [0.717, 1.165) is 13.1 Å². The summed E-state index contributed by atoms with van der Waals surface area (Å²) in [6.07, 6.45) is -4.76. The fraction of sp³-hybridized carbons (Fsp3) is 0.538. The van der Waals surface area contributed by atoms with Crippen molar-refractivity contribution >= 4 is 28.3 Å². The number of aliphatic hydroxyl groups excluding tert-OH is 1. The molecular formula is C13H17BrClF3N2O2. The van der Waals surface area contributed by atoms with Gasteiger partial charge in [0.05, 0.1) is 12.6 Å². The molecule has 1 aliphatic heterocycles. The fourth-order valence-electron chi connectivity index (χ4n) is 2.40. The summed E-state index contributed by atoms with van der Waals surface area (Å²) in [6.45, 7) is 2.51. The maximum Gasteiger partial charge on any atom is 0.573 e. The Morgan fingerprint density at radius 3 is 2.50 bits per heavy atom. The van der Waals surface area contributed by atoms with Crippen LogP contribution in [0.3, 0.4) is 0 Å². The van der Waals surface area contributed by atoms with Crippen molar-refractivity contribution in [1.82, 2.24) is 10.2 Å². The molecule has 1 atom stereocenters. The first kappa shape index (κ1) is 19.5. The summed E-state index contributed by atoms with van der Waals surface area (Å²) in [5.74, 6) is -0.275. The molecule has 1 heterocycles. The van der Waals surface area contributed by atoms with Crippen molar-refractivity contribution in [3.05, 3.63) is 28.2 Å². The summed E-state index contributed by atoms with van der Waals surface area (Å²) in [4.78, 5) is 1.95. The molecule has 0 saturated carbocycles. The van der Waals surface area contributed by atoms with Gasteiger partial charge in [0.15, 0.2) is 0 Å². The number of hydrogen-bond donors (Lipinski definition) is 2. The SMILES string of the molecule is Cl.OC[C@@H](c1cc(Br)ccc1OC(F)(F)F)N1CCNCC1. The number of aliphatic hydroxyl groups is 1. The Balaban J connectivity index is 0.00000242. The number of piperazine rings is 1. The summed E-state index contributed by atoms with van der Waals surface area (Å²) >= 11 is 3.25. The van der Waals surface area contributed by atoms with Gasteiger partial charge in [-0.25, -0.2) is 0 Å². The van der Waals surface area contributed by atoms with E-state index < -0.39 is 12.4 Å². The maximum atomic E-state index is 12.5. The van der Waals surface area contributed by atoms with Gasteiger partial charge in [-0.05, 0) is 18.2 Å². The maximum absolute atomic E-state index is 12.5. The van der Waals surface area contributed by atoms with Crippen LogP contribution in [0.15, 0.2) is 22.7 Å². The highest BCUT2D eigenvalue weighted by Crippen LogP contribution is 2.35. The van der Waals surface area contributed by atoms with Crippen LogP contribution in [-0.2, 0) is 0 Å². The van der Waals surface area contributed by atoms with Crippen LogP contribution in [0.4, 0.5) is 13.2 Å². The van der Waals surface area contributed by atoms with Gasteiger partial charge in [0.25, 0.3) is 0 Å². The number of halogens is 5. The number of rotatable bonds is 4. The number of benzene rings is 1. The molecule has 4 nitrogen and oxygen atoms in total. The third-order valence-electron chi connectivity index (χ3n) is 3.32. The minimum atomic E-state index is -4.76. The van der Waals surface area contributed by atoms with E-state index in [1.54, 1.807) is 6.07 Å². The molecular weight excluding hydrogens is 389 g/mol. The van der Waals surface area contributed by atoms with Crippen LogP contribution in [-0.4, -0.2) is 49.2 Å². The molecule has 1 aliphatic rings. The van der Waals surface area contributed by atoms with Crippen LogP contribution in [0.25, 0.3) is 0 Å². The Morgan fingerprint density at radius 2 is 1.95 bits per heavy atom. The zero-order chi connectivity index (χ0) is 15.5. The predicted molar refractivity (Wildman–Crippen MR) is 82.3 cm³/mol. The lowest BCUT2D eigenvalue weighted by Gasteiger charge is -2.34. The molecule has 1 aromatic rings. The predicted octanol–water partition coefficient (Wildman–Crippen LogP) is 2.71. The Kier molecular flexibility index (Phi) is 7.40. The van der Waals surface area contributed by atoms with Gasteiger partial charge < -0.3 is 15.2 Å². The zero-order valence-electron chi connectivity index (χ0n) is 11.6. The molecule has 1 aromatic carbocycles. The average molecular weight is 406 g/mol. The number of nitrogens with zero attached hydrogens (tertiary/aromatic N) is 1. The minimum Gasteiger partial charge on any atom is -0.405 e. The second-order valence-corrected chi connectivity index (χ2v) is 5.63. The molecule has 0 spiro atoms. The number of nitrogens with one attached hydrogen (secondary N) is 1. The van der Waals surface area contributed by atoms with E-state index in [0.29, 0.717) is 23.1 Å². The number of ether oxygens (including phenoxy) is 1. The van der Waals surface area contributed by atoms with Crippen LogP contribution < -0.4 is 10.1 Å². The quantitative estimate of drug-likeness (QED) is 0.808. The Hall–Kier alpha value is -0.540. The average Bonchev–Trinajstić information content (AvgIpc) is 2.42. The van der Waals surface area contributed by atoms with Gasteiger partial charge in [0, 0.05) is 36.2 Å². The van der Waals surface area contributed by atoms with E-state index >= 15 is 0 Å². The molecule has 2 N–H and O–H groups in total. The van der Waals surface area contributed by atoms with Gasteiger partial charge in [0.2, 0.25) is 0 Å². The summed E-state index contributed by atoms with van der Waals surface area (Å²) in [5.41, 5.74) is 0.325. The molecule has 9 heteroatoms. The van der Waals surface area contributed by atoms with E-state index in [1.807, 2.05) is 4.90 Å². The van der Waals surface area contributed by atoms with E-state index in [4.69, 9.17) is 0 Å². The molecule has 126 valence electrons. The highest BCUT2D eigenvalue weighted by atomic mass is 79.9. The van der Waals surface area contributed by atoms with Crippen molar-refractivity contribution in [2.45, 2.75) is 12.4 Å². The summed E-state index contributed by atoms with van der Waals surface area (Å²) in [7, 11) is 0. The van der Waals surface area contributed by atoms with Crippen molar-refractivity contribution < 1.29 is 23.0 Å². The summed E-state index contributed by atoms with van der Waals surface area (Å²) in [6, 6.07) is 3.78. The normalized spacial score (nSPS) is 17.7. The molecule has 0 unspecified atom stereocenters. The Bertz CT molecular complexity index is 485. The van der Waals surface area contributed by atoms with Gasteiger partial charge in [-0.15, -0.1) is 25.6 Å². The van der Waals surface area contributed by atoms with Gasteiger partial charge in [0.1, 0.15) is 5.75 Å². The highest BCUT2D eigenvalue weighted by Gasteiger charge is 2.34. The fourth-order valence-corrected chi connectivity index (χ4v) is 2.78. The number of alkyl halides is 3. The molecule has 2 rings (SSSR count). The minimum absolute atomic E-state index is 0. The van der Waals surface area contributed by atoms with Crippen LogP contribution in [0.1, 0.15) is 11.6 Å². The second kappa shape index (κ2) is 8.35. The zero-order valence-corrected chi connectivity index (χ0v) is 14.0. The first-order valence-electron chi connectivity index (χ1n) is 6.51. The molecule has 0 aromatic heterocycles. The van der Waals surface area contributed by atoms with Crippen LogP contribution >= 0.6 is 28.3 Å². The van der Waals surface area contributed by atoms with Crippen LogP contribution in [0.2, 0.25) is 0 Å². The van der Waals surface area contributed by atoms with Gasteiger partial charge in [-0.1, -0.05) is 15.9 Å². The molecule has 0 bridgehead atoms. The topological polar surface area (TPSA) is 44.7 Å². The smallest absolute Gasteiger partial charge is 0.405 e. The lowest BCUT2D eigenvalue weighted by atomic mass is 10.0. The van der Waals surface area contributed by atoms with E-state index in [9.17, 15) is 18.3 Å². The Morgan fingerprint density at radius 1 is 1.32 bits per heavy atom. The summed E-state index contributed by atoms with van der Waals surface area (Å²) in [5, 5.41) is 12.8. The van der Waals surface area contributed by atoms with Gasteiger partial charge >= 0.3 is 6.36 Å². The van der Waals surface area contributed by atoms with E-state index in [1.165, 1.54) is 12.1 Å². The standard InChI is InChI=1S/C13H16BrF3N2O2.ClH/c14-9-1-2-12(21-13(15,16)17)10(7-9)11(8-20)19-5-3-18-4-6-19;/h1-2,7,11,18,20H,3-6,8H2;1H/t11-;/m0./s1. The van der Waals surface area contributed by atoms with Gasteiger partial charge in [-0.2, -0.15) is 0 Å². The van der Waals surface area contributed by atoms with E-state index in [-0.39, 0.29) is 24.8 Å². The largest absolute Gasteiger partial charge is 0.573 e. The monoisotopic (exact) mass is 404 g/mol. The third kappa shape index (κ3) is 5.27. The highest BCUT2D eigenvalue weighted by molar-refractivity contribution is 9.10. The second-order valence-electron chi connectivity index (χ2n) is 4.71. The van der Waals surface area contributed by atoms with Crippen molar-refractivity contribution in [1.29, 1.82) is 0 Å². The van der Waals surface area contributed by atoms with Crippen molar-refractivity contribution in [3.63, 3.8) is 0 Å². The van der Waals surface area contributed by atoms with Crippen LogP contribution in [0.5, 0.6) is 5.75 Å². The van der Waals surface area contributed by atoms with Crippen molar-refractivity contribution in [3.8, 4) is 5.75 Å².